The molecule has 13 heteroatoms. The highest BCUT2D eigenvalue weighted by molar-refractivity contribution is 5.70. The molecule has 1 unspecified atom stereocenters. The number of nitrogens with one attached hydrogen (secondary N) is 2. The maximum atomic E-state index is 15.4. The molecule has 1 aliphatic heterocycles. The summed E-state index contributed by atoms with van der Waals surface area (Å²) in [4.78, 5) is 27.5. The molecule has 4 rings (SSSR count). The minimum absolute atomic E-state index is 0.00906. The number of hydrogen-bond acceptors (Lipinski definition) is 8. The molecule has 276 valence electrons. The van der Waals surface area contributed by atoms with Crippen molar-refractivity contribution in [1.29, 1.82) is 0 Å². The van der Waals surface area contributed by atoms with Crippen LogP contribution in [0.3, 0.4) is 0 Å². The maximum Gasteiger partial charge on any atom is 0.410 e. The number of hydrogen-bond donors (Lipinski definition) is 3. The van der Waals surface area contributed by atoms with E-state index in [-0.39, 0.29) is 43.5 Å². The number of aliphatic hydroxyl groups excluding tert-OH is 1. The van der Waals surface area contributed by atoms with Crippen LogP contribution in [0.5, 0.6) is 5.75 Å². The number of nitrogens with zero attached hydrogens (tertiary/aromatic N) is 1. The molecular formula is C38H46F3N3O7. The molecule has 0 saturated carbocycles. The number of halogens is 3. The average molecular weight is 714 g/mol. The van der Waals surface area contributed by atoms with Crippen molar-refractivity contribution >= 4 is 17.9 Å². The molecule has 2 amide bonds. The van der Waals surface area contributed by atoms with E-state index in [2.05, 4.69) is 17.2 Å². The fourth-order valence-electron chi connectivity index (χ4n) is 5.46. The maximum absolute atomic E-state index is 15.4. The number of para-hydroxylation sites is 1. The van der Waals surface area contributed by atoms with Gasteiger partial charge < -0.3 is 34.7 Å². The summed E-state index contributed by atoms with van der Waals surface area (Å²) in [5, 5.41) is 15.8. The van der Waals surface area contributed by atoms with E-state index in [9.17, 15) is 23.5 Å². The molecule has 1 heterocycles. The van der Waals surface area contributed by atoms with Crippen LogP contribution >= 0.6 is 0 Å². The van der Waals surface area contributed by atoms with E-state index in [0.717, 1.165) is 0 Å². The Morgan fingerprint density at radius 1 is 0.922 bits per heavy atom. The van der Waals surface area contributed by atoms with Gasteiger partial charge in [0.25, 0.3) is 0 Å². The molecule has 0 aliphatic carbocycles. The molecule has 10 nitrogen and oxygen atoms in total. The number of alkyl carbamates (subject to hydrolysis) is 1. The number of carbonyl (C=O) groups excluding carboxylic acids is 2. The first-order chi connectivity index (χ1) is 23.9. The van der Waals surface area contributed by atoms with Crippen LogP contribution in [-0.2, 0) is 14.2 Å². The third kappa shape index (κ3) is 11.1. The Labute approximate surface area is 296 Å². The van der Waals surface area contributed by atoms with E-state index < -0.39 is 64.9 Å². The van der Waals surface area contributed by atoms with Crippen LogP contribution in [0.15, 0.2) is 79.0 Å². The summed E-state index contributed by atoms with van der Waals surface area (Å²) >= 11 is 0. The van der Waals surface area contributed by atoms with Gasteiger partial charge in [0.2, 0.25) is 0 Å². The lowest BCUT2D eigenvalue weighted by molar-refractivity contribution is -0.0910. The summed E-state index contributed by atoms with van der Waals surface area (Å²) in [5.41, 5.74) is -0.168. The van der Waals surface area contributed by atoms with Gasteiger partial charge in [0.1, 0.15) is 35.5 Å². The Morgan fingerprint density at radius 3 is 2.02 bits per heavy atom. The highest BCUT2D eigenvalue weighted by Crippen LogP contribution is 2.35. The third-order valence-corrected chi connectivity index (χ3v) is 7.72. The molecule has 51 heavy (non-hydrogen) atoms. The van der Waals surface area contributed by atoms with Crippen LogP contribution < -0.4 is 15.4 Å². The molecule has 0 aromatic heterocycles. The van der Waals surface area contributed by atoms with Gasteiger partial charge in [-0.3, -0.25) is 4.90 Å². The summed E-state index contributed by atoms with van der Waals surface area (Å²) in [5.74, 6) is -2.60. The first-order valence-corrected chi connectivity index (χ1v) is 16.5. The monoisotopic (exact) mass is 713 g/mol. The van der Waals surface area contributed by atoms with Crippen molar-refractivity contribution in [2.75, 3.05) is 31.7 Å². The first-order valence-electron chi connectivity index (χ1n) is 16.5. The van der Waals surface area contributed by atoms with E-state index >= 15 is 4.39 Å². The number of aliphatic hydroxyl groups is 1. The molecule has 3 aromatic rings. The minimum atomic E-state index is -1.01. The van der Waals surface area contributed by atoms with Crippen molar-refractivity contribution in [3.63, 3.8) is 0 Å². The quantitative estimate of drug-likeness (QED) is 0.192. The second kappa shape index (κ2) is 16.5. The number of benzene rings is 3. The fourth-order valence-corrected chi connectivity index (χ4v) is 5.46. The lowest BCUT2D eigenvalue weighted by atomic mass is 9.83. The molecule has 3 aromatic carbocycles. The van der Waals surface area contributed by atoms with Gasteiger partial charge in [-0.2, -0.15) is 0 Å². The van der Waals surface area contributed by atoms with E-state index in [1.807, 2.05) is 0 Å². The molecule has 0 bridgehead atoms. The highest BCUT2D eigenvalue weighted by Gasteiger charge is 2.36. The van der Waals surface area contributed by atoms with Crippen LogP contribution in [0, 0.1) is 17.5 Å². The van der Waals surface area contributed by atoms with E-state index in [4.69, 9.17) is 18.9 Å². The lowest BCUT2D eigenvalue weighted by Gasteiger charge is -2.39. The van der Waals surface area contributed by atoms with Crippen molar-refractivity contribution in [2.24, 2.45) is 0 Å². The second-order valence-corrected chi connectivity index (χ2v) is 14.2. The summed E-state index contributed by atoms with van der Waals surface area (Å²) in [6, 6.07) is 13.8. The molecule has 1 fully saturated rings. The van der Waals surface area contributed by atoms with Crippen LogP contribution in [0.4, 0.5) is 28.4 Å². The Morgan fingerprint density at radius 2 is 1.49 bits per heavy atom. The highest BCUT2D eigenvalue weighted by atomic mass is 19.1. The van der Waals surface area contributed by atoms with Crippen molar-refractivity contribution in [3.05, 3.63) is 108 Å². The standard InChI is InChI=1S/C38H46F3N3O7/c1-23(33(43-35(46)50-37(2,3)4)32(24-11-15-26(39)16-12-24)25-13-17-27(40)18-14-25)42-31-10-8-9-30(41)34(31)49-22-29-19-44(28(20-45)21-48-29)36(47)51-38(5,6)7/h8-18,28-29,32-33,42,45H,1,19-22H2,2-7H3,(H,43,46)/t28-,29+,33?/m1/s1. The minimum Gasteiger partial charge on any atom is -0.486 e. The summed E-state index contributed by atoms with van der Waals surface area (Å²) in [7, 11) is 0. The van der Waals surface area contributed by atoms with Gasteiger partial charge in [-0.1, -0.05) is 36.9 Å². The van der Waals surface area contributed by atoms with Crippen molar-refractivity contribution in [2.45, 2.75) is 76.9 Å². The summed E-state index contributed by atoms with van der Waals surface area (Å²) < 4.78 is 66.3. The van der Waals surface area contributed by atoms with Gasteiger partial charge in [-0.25, -0.2) is 22.8 Å². The van der Waals surface area contributed by atoms with Gasteiger partial charge in [0, 0.05) is 11.6 Å². The normalized spacial score (nSPS) is 17.0. The zero-order chi connectivity index (χ0) is 37.5. The smallest absolute Gasteiger partial charge is 0.410 e. The topological polar surface area (TPSA) is 119 Å². The van der Waals surface area contributed by atoms with Crippen molar-refractivity contribution in [3.8, 4) is 5.75 Å². The predicted molar refractivity (Wildman–Crippen MR) is 186 cm³/mol. The molecule has 0 spiro atoms. The second-order valence-electron chi connectivity index (χ2n) is 14.2. The number of carbonyl (C=O) groups is 2. The third-order valence-electron chi connectivity index (χ3n) is 7.72. The molecule has 3 atom stereocenters. The number of rotatable bonds is 11. The molecule has 1 saturated heterocycles. The number of amides is 2. The van der Waals surface area contributed by atoms with Crippen molar-refractivity contribution in [1.82, 2.24) is 10.2 Å². The van der Waals surface area contributed by atoms with E-state index in [0.29, 0.717) is 11.1 Å². The van der Waals surface area contributed by atoms with Crippen molar-refractivity contribution < 1.29 is 46.8 Å². The molecule has 0 radical (unpaired) electrons. The number of anilines is 1. The zero-order valence-corrected chi connectivity index (χ0v) is 29.7. The van der Waals surface area contributed by atoms with Crippen LogP contribution in [0.2, 0.25) is 0 Å². The summed E-state index contributed by atoms with van der Waals surface area (Å²) in [6.07, 6.45) is -2.11. The summed E-state index contributed by atoms with van der Waals surface area (Å²) in [6.45, 7) is 14.0. The molecular weight excluding hydrogens is 667 g/mol. The van der Waals surface area contributed by atoms with E-state index in [1.54, 1.807) is 71.9 Å². The Hall–Kier alpha value is -4.75. The largest absolute Gasteiger partial charge is 0.486 e. The zero-order valence-electron chi connectivity index (χ0n) is 29.7. The molecule has 3 N–H and O–H groups in total. The number of ether oxygens (including phenoxy) is 4. The Bertz CT molecular complexity index is 1610. The fraction of sp³-hybridized carbons (Fsp3) is 0.421. The van der Waals surface area contributed by atoms with E-state index in [1.165, 1.54) is 41.3 Å². The predicted octanol–water partition coefficient (Wildman–Crippen LogP) is 7.13. The molecule has 1 aliphatic rings. The SMILES string of the molecule is C=C(Nc1cccc(F)c1OC[C@@H]1CN(C(=O)OC(C)(C)C)[C@H](CO)CO1)C(NC(=O)OC(C)(C)C)C(c1ccc(F)cc1)c1ccc(F)cc1. The van der Waals surface area contributed by atoms with Gasteiger partial charge in [-0.05, 0) is 89.1 Å². The number of morpholine rings is 1. The first kappa shape index (κ1) is 39.0. The Balaban J connectivity index is 1.63. The van der Waals surface area contributed by atoms with Crippen LogP contribution in [-0.4, -0.2) is 77.9 Å². The van der Waals surface area contributed by atoms with Gasteiger partial charge >= 0.3 is 12.2 Å². The Kier molecular flexibility index (Phi) is 12.6. The van der Waals surface area contributed by atoms with Crippen LogP contribution in [0.1, 0.15) is 58.6 Å². The van der Waals surface area contributed by atoms with Gasteiger partial charge in [0.15, 0.2) is 11.6 Å². The lowest BCUT2D eigenvalue weighted by Crippen LogP contribution is -2.56. The van der Waals surface area contributed by atoms with Gasteiger partial charge in [0.05, 0.1) is 37.5 Å². The average Bonchev–Trinajstić information content (AvgIpc) is 3.04. The van der Waals surface area contributed by atoms with Gasteiger partial charge in [-0.15, -0.1) is 0 Å². The van der Waals surface area contributed by atoms with Crippen LogP contribution in [0.25, 0.3) is 0 Å².